The minimum absolute atomic E-state index is 0.0344. The Morgan fingerprint density at radius 1 is 1.05 bits per heavy atom. The average Bonchev–Trinajstić information content (AvgIpc) is 2.96. The van der Waals surface area contributed by atoms with Gasteiger partial charge in [0.25, 0.3) is 0 Å². The van der Waals surface area contributed by atoms with Gasteiger partial charge in [-0.2, -0.15) is 0 Å². The maximum absolute atomic E-state index is 12.1. The number of anilines is 1. The van der Waals surface area contributed by atoms with E-state index in [1.165, 1.54) is 0 Å². The summed E-state index contributed by atoms with van der Waals surface area (Å²) >= 11 is 0. The van der Waals surface area contributed by atoms with Gasteiger partial charge >= 0.3 is 5.97 Å². The first-order valence-corrected chi connectivity index (χ1v) is 7.30. The number of rotatable bonds is 4. The van der Waals surface area contributed by atoms with Crippen LogP contribution < -0.4 is 4.90 Å². The molecule has 1 saturated heterocycles. The number of carbonyl (C=O) groups is 2. The summed E-state index contributed by atoms with van der Waals surface area (Å²) < 4.78 is 5.33. The lowest BCUT2D eigenvalue weighted by molar-refractivity contribution is -0.149. The van der Waals surface area contributed by atoms with Crippen molar-refractivity contribution in [1.82, 2.24) is 0 Å². The van der Waals surface area contributed by atoms with Gasteiger partial charge in [0.1, 0.15) is 6.61 Å². The molecule has 2 aromatic rings. The van der Waals surface area contributed by atoms with Crippen LogP contribution in [-0.2, 0) is 20.9 Å². The summed E-state index contributed by atoms with van der Waals surface area (Å²) in [6, 6.07) is 18.9. The second kappa shape index (κ2) is 6.43. The Morgan fingerprint density at radius 3 is 2.36 bits per heavy atom. The molecular weight excluding hydrogens is 278 g/mol. The van der Waals surface area contributed by atoms with Crippen LogP contribution in [0, 0.1) is 5.92 Å². The fraction of sp³-hybridized carbons (Fsp3) is 0.222. The van der Waals surface area contributed by atoms with Crippen LogP contribution >= 0.6 is 0 Å². The highest BCUT2D eigenvalue weighted by molar-refractivity contribution is 5.99. The molecule has 2 aromatic carbocycles. The van der Waals surface area contributed by atoms with Crippen molar-refractivity contribution in [2.45, 2.75) is 13.0 Å². The second-order valence-corrected chi connectivity index (χ2v) is 5.33. The van der Waals surface area contributed by atoms with Crippen molar-refractivity contribution in [3.05, 3.63) is 66.2 Å². The lowest BCUT2D eigenvalue weighted by Crippen LogP contribution is -2.26. The van der Waals surface area contributed by atoms with Gasteiger partial charge < -0.3 is 9.64 Å². The number of hydrogen-bond donors (Lipinski definition) is 0. The van der Waals surface area contributed by atoms with Crippen LogP contribution in [0.5, 0.6) is 0 Å². The third kappa shape index (κ3) is 3.17. The largest absolute Gasteiger partial charge is 0.461 e. The second-order valence-electron chi connectivity index (χ2n) is 5.33. The van der Waals surface area contributed by atoms with Crippen molar-refractivity contribution < 1.29 is 14.3 Å². The van der Waals surface area contributed by atoms with Crippen LogP contribution in [0.4, 0.5) is 5.69 Å². The molecule has 3 rings (SSSR count). The van der Waals surface area contributed by atoms with Crippen molar-refractivity contribution >= 4 is 17.6 Å². The molecule has 4 nitrogen and oxygen atoms in total. The Hall–Kier alpha value is -2.62. The zero-order chi connectivity index (χ0) is 15.4. The van der Waals surface area contributed by atoms with Crippen LogP contribution in [0.15, 0.2) is 60.7 Å². The van der Waals surface area contributed by atoms with Crippen molar-refractivity contribution in [2.75, 3.05) is 11.4 Å². The Balaban J connectivity index is 1.59. The lowest BCUT2D eigenvalue weighted by Gasteiger charge is -2.16. The molecule has 1 aliphatic heterocycles. The minimum atomic E-state index is -0.392. The van der Waals surface area contributed by atoms with Gasteiger partial charge in [-0.1, -0.05) is 48.5 Å². The molecule has 0 N–H and O–H groups in total. The van der Waals surface area contributed by atoms with Crippen molar-refractivity contribution in [2.24, 2.45) is 5.92 Å². The molecule has 22 heavy (non-hydrogen) atoms. The number of ether oxygens (including phenoxy) is 1. The van der Waals surface area contributed by atoms with E-state index in [9.17, 15) is 9.59 Å². The highest BCUT2D eigenvalue weighted by atomic mass is 16.5. The van der Waals surface area contributed by atoms with E-state index in [1.807, 2.05) is 60.7 Å². The molecule has 0 bridgehead atoms. The van der Waals surface area contributed by atoms with E-state index in [1.54, 1.807) is 4.90 Å². The topological polar surface area (TPSA) is 46.6 Å². The molecule has 1 fully saturated rings. The van der Waals surface area contributed by atoms with Crippen molar-refractivity contribution in [1.29, 1.82) is 0 Å². The van der Waals surface area contributed by atoms with Gasteiger partial charge in [0.2, 0.25) is 5.91 Å². The van der Waals surface area contributed by atoms with Crippen LogP contribution in [-0.4, -0.2) is 18.4 Å². The average molecular weight is 295 g/mol. The maximum Gasteiger partial charge on any atom is 0.311 e. The molecule has 0 aliphatic carbocycles. The van der Waals surface area contributed by atoms with Crippen molar-refractivity contribution in [3.63, 3.8) is 0 Å². The fourth-order valence-corrected chi connectivity index (χ4v) is 2.57. The lowest BCUT2D eigenvalue weighted by atomic mass is 10.1. The standard InChI is InChI=1S/C18H17NO3/c20-17-11-15(12-19(17)16-9-5-2-6-10-16)18(21)22-13-14-7-3-1-4-8-14/h1-10,15H,11-13H2. The first kappa shape index (κ1) is 14.3. The molecular formula is C18H17NO3. The van der Waals surface area contributed by atoms with E-state index in [2.05, 4.69) is 0 Å². The summed E-state index contributed by atoms with van der Waals surface area (Å²) in [4.78, 5) is 25.9. The zero-order valence-corrected chi connectivity index (χ0v) is 12.1. The monoisotopic (exact) mass is 295 g/mol. The number of carbonyl (C=O) groups excluding carboxylic acids is 2. The van der Waals surface area contributed by atoms with E-state index < -0.39 is 5.92 Å². The summed E-state index contributed by atoms with van der Waals surface area (Å²) in [6.07, 6.45) is 0.211. The zero-order valence-electron chi connectivity index (χ0n) is 12.1. The van der Waals surface area contributed by atoms with E-state index in [0.717, 1.165) is 11.3 Å². The first-order valence-electron chi connectivity index (χ1n) is 7.30. The SMILES string of the molecule is O=C(OCc1ccccc1)C1CC(=O)N(c2ccccc2)C1. The van der Waals surface area contributed by atoms with Crippen LogP contribution in [0.1, 0.15) is 12.0 Å². The molecule has 1 aliphatic rings. The Bertz CT molecular complexity index is 655. The highest BCUT2D eigenvalue weighted by Gasteiger charge is 2.36. The van der Waals surface area contributed by atoms with E-state index >= 15 is 0 Å². The van der Waals surface area contributed by atoms with Gasteiger partial charge in [0, 0.05) is 18.7 Å². The quantitative estimate of drug-likeness (QED) is 0.815. The fourth-order valence-electron chi connectivity index (χ4n) is 2.57. The summed E-state index contributed by atoms with van der Waals surface area (Å²) in [7, 11) is 0. The molecule has 0 radical (unpaired) electrons. The van der Waals surface area contributed by atoms with E-state index in [-0.39, 0.29) is 24.9 Å². The third-order valence-corrected chi connectivity index (χ3v) is 3.75. The summed E-state index contributed by atoms with van der Waals surface area (Å²) in [5.41, 5.74) is 1.77. The predicted octanol–water partition coefficient (Wildman–Crippen LogP) is 2.78. The number of amides is 1. The predicted molar refractivity (Wildman–Crippen MR) is 83.1 cm³/mol. The molecule has 0 saturated carbocycles. The maximum atomic E-state index is 12.1. The molecule has 112 valence electrons. The summed E-state index contributed by atoms with van der Waals surface area (Å²) in [6.45, 7) is 0.631. The van der Waals surface area contributed by atoms with E-state index in [0.29, 0.717) is 6.54 Å². The molecule has 1 amide bonds. The van der Waals surface area contributed by atoms with Crippen LogP contribution in [0.25, 0.3) is 0 Å². The third-order valence-electron chi connectivity index (χ3n) is 3.75. The molecule has 0 spiro atoms. The van der Waals surface area contributed by atoms with Gasteiger partial charge in [0.05, 0.1) is 5.92 Å². The van der Waals surface area contributed by atoms with Crippen molar-refractivity contribution in [3.8, 4) is 0 Å². The summed E-state index contributed by atoms with van der Waals surface area (Å²) in [5, 5.41) is 0. The summed E-state index contributed by atoms with van der Waals surface area (Å²) in [5.74, 6) is -0.736. The Labute approximate surface area is 129 Å². The van der Waals surface area contributed by atoms with Crippen LogP contribution in [0.3, 0.4) is 0 Å². The number of hydrogen-bond acceptors (Lipinski definition) is 3. The number of nitrogens with zero attached hydrogens (tertiary/aromatic N) is 1. The Morgan fingerprint density at radius 2 is 1.68 bits per heavy atom. The normalized spacial score (nSPS) is 17.5. The Kier molecular flexibility index (Phi) is 4.19. The van der Waals surface area contributed by atoms with Gasteiger partial charge in [-0.05, 0) is 17.7 Å². The number of esters is 1. The van der Waals surface area contributed by atoms with Crippen LogP contribution in [0.2, 0.25) is 0 Å². The number of para-hydroxylation sites is 1. The van der Waals surface area contributed by atoms with E-state index in [4.69, 9.17) is 4.74 Å². The molecule has 4 heteroatoms. The van der Waals surface area contributed by atoms with Gasteiger partial charge in [-0.15, -0.1) is 0 Å². The van der Waals surface area contributed by atoms with Gasteiger partial charge in [0.15, 0.2) is 0 Å². The highest BCUT2D eigenvalue weighted by Crippen LogP contribution is 2.25. The number of benzene rings is 2. The molecule has 1 heterocycles. The van der Waals surface area contributed by atoms with Gasteiger partial charge in [-0.25, -0.2) is 0 Å². The molecule has 1 atom stereocenters. The molecule has 0 aromatic heterocycles. The molecule has 1 unspecified atom stereocenters. The van der Waals surface area contributed by atoms with Gasteiger partial charge in [-0.3, -0.25) is 9.59 Å². The minimum Gasteiger partial charge on any atom is -0.461 e. The first-order chi connectivity index (χ1) is 10.7. The smallest absolute Gasteiger partial charge is 0.311 e.